The molecule has 0 saturated heterocycles. The van der Waals surface area contributed by atoms with Gasteiger partial charge in [0.1, 0.15) is 0 Å². The molecule has 1 aromatic carbocycles. The first-order chi connectivity index (χ1) is 9.29. The van der Waals surface area contributed by atoms with Crippen molar-refractivity contribution < 1.29 is 18.0 Å². The quantitative estimate of drug-likeness (QED) is 0.815. The minimum absolute atomic E-state index is 0.0181. The largest absolute Gasteiger partial charge is 0.418 e. The van der Waals surface area contributed by atoms with Crippen LogP contribution in [-0.4, -0.2) is 5.91 Å². The highest BCUT2D eigenvalue weighted by Crippen LogP contribution is 2.37. The van der Waals surface area contributed by atoms with Gasteiger partial charge in [-0.2, -0.15) is 13.2 Å². The molecule has 0 heterocycles. The van der Waals surface area contributed by atoms with E-state index in [0.29, 0.717) is 0 Å². The molecule has 1 aliphatic carbocycles. The summed E-state index contributed by atoms with van der Waals surface area (Å²) in [7, 11) is 0. The van der Waals surface area contributed by atoms with Gasteiger partial charge < -0.3 is 11.1 Å². The van der Waals surface area contributed by atoms with Gasteiger partial charge in [0.25, 0.3) is 0 Å². The van der Waals surface area contributed by atoms with Gasteiger partial charge in [-0.1, -0.05) is 13.3 Å². The number of hydrogen-bond acceptors (Lipinski definition) is 2. The smallest absolute Gasteiger partial charge is 0.399 e. The van der Waals surface area contributed by atoms with E-state index in [-0.39, 0.29) is 29.1 Å². The van der Waals surface area contributed by atoms with E-state index < -0.39 is 11.7 Å². The molecule has 2 rings (SSSR count). The number of nitrogen functional groups attached to an aromatic ring is 1. The van der Waals surface area contributed by atoms with Crippen LogP contribution in [-0.2, 0) is 11.0 Å². The molecule has 0 spiro atoms. The maximum Gasteiger partial charge on any atom is 0.418 e. The van der Waals surface area contributed by atoms with E-state index in [1.54, 1.807) is 0 Å². The van der Waals surface area contributed by atoms with Crippen molar-refractivity contribution in [2.45, 2.75) is 32.4 Å². The number of alkyl halides is 3. The summed E-state index contributed by atoms with van der Waals surface area (Å²) in [6.07, 6.45) is -1.94. The number of carbonyl (C=O) groups excluding carboxylic acids is 1. The molecule has 3 N–H and O–H groups in total. The second-order valence-electron chi connectivity index (χ2n) is 5.31. The van der Waals surface area contributed by atoms with Gasteiger partial charge in [-0.3, -0.25) is 4.79 Å². The van der Waals surface area contributed by atoms with E-state index in [1.807, 2.05) is 6.92 Å². The summed E-state index contributed by atoms with van der Waals surface area (Å²) in [5.41, 5.74) is 4.27. The Balaban J connectivity index is 2.23. The minimum atomic E-state index is -4.54. The van der Waals surface area contributed by atoms with Crippen molar-refractivity contribution in [3.05, 3.63) is 23.8 Å². The lowest BCUT2D eigenvalue weighted by Gasteiger charge is -2.18. The van der Waals surface area contributed by atoms with Gasteiger partial charge in [0.2, 0.25) is 5.91 Å². The molecule has 0 bridgehead atoms. The van der Waals surface area contributed by atoms with Crippen LogP contribution in [0.15, 0.2) is 18.2 Å². The number of hydrogen-bond donors (Lipinski definition) is 2. The zero-order valence-corrected chi connectivity index (χ0v) is 11.1. The van der Waals surface area contributed by atoms with Crippen molar-refractivity contribution in [3.63, 3.8) is 0 Å². The molecule has 1 aromatic rings. The third-order valence-corrected chi connectivity index (χ3v) is 3.81. The van der Waals surface area contributed by atoms with Crippen LogP contribution >= 0.6 is 0 Å². The fourth-order valence-electron chi connectivity index (χ4n) is 2.67. The summed E-state index contributed by atoms with van der Waals surface area (Å²) < 4.78 is 38.8. The van der Waals surface area contributed by atoms with Crippen molar-refractivity contribution in [1.29, 1.82) is 0 Å². The topological polar surface area (TPSA) is 55.1 Å². The Bertz CT molecular complexity index is 514. The van der Waals surface area contributed by atoms with Crippen LogP contribution in [0.1, 0.15) is 31.7 Å². The standard InChI is InChI=1S/C14H17F3N2O/c1-8-3-2-4-10(8)13(20)19-12-6-5-9(18)7-11(12)14(15,16)17/h5-8,10H,2-4,18H2,1H3,(H,19,20). The Morgan fingerprint density at radius 2 is 2.05 bits per heavy atom. The van der Waals surface area contributed by atoms with Crippen LogP contribution in [0.5, 0.6) is 0 Å². The summed E-state index contributed by atoms with van der Waals surface area (Å²) in [5.74, 6) is -0.350. The number of halogens is 3. The lowest BCUT2D eigenvalue weighted by atomic mass is 9.97. The second kappa shape index (κ2) is 5.34. The highest BCUT2D eigenvalue weighted by molar-refractivity contribution is 5.94. The van der Waals surface area contributed by atoms with Crippen molar-refractivity contribution in [2.24, 2.45) is 11.8 Å². The predicted octanol–water partition coefficient (Wildman–Crippen LogP) is 3.66. The van der Waals surface area contributed by atoms with E-state index >= 15 is 0 Å². The minimum Gasteiger partial charge on any atom is -0.399 e. The highest BCUT2D eigenvalue weighted by Gasteiger charge is 2.35. The first-order valence-corrected chi connectivity index (χ1v) is 6.56. The molecule has 110 valence electrons. The summed E-state index contributed by atoms with van der Waals surface area (Å²) in [6, 6.07) is 3.40. The van der Waals surface area contributed by atoms with Crippen LogP contribution in [0.25, 0.3) is 0 Å². The average molecular weight is 286 g/mol. The number of anilines is 2. The fourth-order valence-corrected chi connectivity index (χ4v) is 2.67. The summed E-state index contributed by atoms with van der Waals surface area (Å²) in [5, 5.41) is 2.40. The number of rotatable bonds is 2. The fraction of sp³-hybridized carbons (Fsp3) is 0.500. The van der Waals surface area contributed by atoms with Crippen LogP contribution in [0, 0.1) is 11.8 Å². The molecule has 20 heavy (non-hydrogen) atoms. The monoisotopic (exact) mass is 286 g/mol. The molecule has 3 nitrogen and oxygen atoms in total. The lowest BCUT2D eigenvalue weighted by Crippen LogP contribution is -2.26. The zero-order chi connectivity index (χ0) is 14.9. The van der Waals surface area contributed by atoms with Crippen molar-refractivity contribution in [1.82, 2.24) is 0 Å². The van der Waals surface area contributed by atoms with Crippen molar-refractivity contribution in [3.8, 4) is 0 Å². The lowest BCUT2D eigenvalue weighted by molar-refractivity contribution is -0.137. The molecular weight excluding hydrogens is 269 g/mol. The Labute approximate surface area is 115 Å². The summed E-state index contributed by atoms with van der Waals surface area (Å²) in [4.78, 5) is 12.1. The third kappa shape index (κ3) is 3.05. The molecule has 1 aliphatic rings. The number of amides is 1. The molecule has 2 atom stereocenters. The SMILES string of the molecule is CC1CCCC1C(=O)Nc1ccc(N)cc1C(F)(F)F. The molecule has 0 aliphatic heterocycles. The third-order valence-electron chi connectivity index (χ3n) is 3.81. The number of benzene rings is 1. The first-order valence-electron chi connectivity index (χ1n) is 6.56. The van der Waals surface area contributed by atoms with Gasteiger partial charge >= 0.3 is 6.18 Å². The molecule has 1 saturated carbocycles. The van der Waals surface area contributed by atoms with Crippen molar-refractivity contribution in [2.75, 3.05) is 11.1 Å². The Hall–Kier alpha value is -1.72. The molecule has 1 amide bonds. The molecule has 6 heteroatoms. The number of nitrogens with one attached hydrogen (secondary N) is 1. The van der Waals surface area contributed by atoms with E-state index in [4.69, 9.17) is 5.73 Å². The molecule has 0 aromatic heterocycles. The first kappa shape index (κ1) is 14.7. The Kier molecular flexibility index (Phi) is 3.92. The van der Waals surface area contributed by atoms with E-state index in [1.165, 1.54) is 12.1 Å². The second-order valence-corrected chi connectivity index (χ2v) is 5.31. The summed E-state index contributed by atoms with van der Waals surface area (Å²) in [6.45, 7) is 1.95. The van der Waals surface area contributed by atoms with Gasteiger partial charge in [-0.25, -0.2) is 0 Å². The van der Waals surface area contributed by atoms with E-state index in [9.17, 15) is 18.0 Å². The van der Waals surface area contributed by atoms with Crippen LogP contribution < -0.4 is 11.1 Å². The number of carbonyl (C=O) groups is 1. The van der Waals surface area contributed by atoms with Gasteiger partial charge in [0, 0.05) is 11.6 Å². The molecule has 2 unspecified atom stereocenters. The highest BCUT2D eigenvalue weighted by atomic mass is 19.4. The van der Waals surface area contributed by atoms with Gasteiger partial charge in [-0.15, -0.1) is 0 Å². The maximum absolute atomic E-state index is 12.9. The van der Waals surface area contributed by atoms with Crippen LogP contribution in [0.3, 0.4) is 0 Å². The van der Waals surface area contributed by atoms with Gasteiger partial charge in [-0.05, 0) is 37.0 Å². The summed E-state index contributed by atoms with van der Waals surface area (Å²) >= 11 is 0. The average Bonchev–Trinajstić information content (AvgIpc) is 2.76. The van der Waals surface area contributed by atoms with Crippen LogP contribution in [0.2, 0.25) is 0 Å². The molecular formula is C14H17F3N2O. The Morgan fingerprint density at radius 1 is 1.35 bits per heavy atom. The van der Waals surface area contributed by atoms with E-state index in [2.05, 4.69) is 5.32 Å². The maximum atomic E-state index is 12.9. The van der Waals surface area contributed by atoms with E-state index in [0.717, 1.165) is 25.3 Å². The zero-order valence-electron chi connectivity index (χ0n) is 11.1. The predicted molar refractivity (Wildman–Crippen MR) is 71.0 cm³/mol. The normalized spacial score (nSPS) is 22.8. The van der Waals surface area contributed by atoms with Crippen LogP contribution in [0.4, 0.5) is 24.5 Å². The Morgan fingerprint density at radius 3 is 2.60 bits per heavy atom. The number of nitrogens with two attached hydrogens (primary N) is 1. The van der Waals surface area contributed by atoms with Crippen molar-refractivity contribution >= 4 is 17.3 Å². The molecule has 0 radical (unpaired) electrons. The molecule has 1 fully saturated rings. The van der Waals surface area contributed by atoms with Gasteiger partial charge in [0.15, 0.2) is 0 Å². The van der Waals surface area contributed by atoms with Gasteiger partial charge in [0.05, 0.1) is 11.3 Å².